The SMILES string of the molecule is Cc1ccc(NC(=O)c2csc(-c3n[nH]c4ccccc34)c2)cn1. The molecular weight excluding hydrogens is 320 g/mol. The van der Waals surface area contributed by atoms with E-state index < -0.39 is 0 Å². The maximum absolute atomic E-state index is 12.4. The fraction of sp³-hybridized carbons (Fsp3) is 0.0556. The molecule has 0 spiro atoms. The predicted octanol–water partition coefficient (Wildman–Crippen LogP) is 4.25. The molecular formula is C18H14N4OS. The average molecular weight is 334 g/mol. The first kappa shape index (κ1) is 14.6. The zero-order valence-electron chi connectivity index (χ0n) is 12.9. The highest BCUT2D eigenvalue weighted by Gasteiger charge is 2.14. The lowest BCUT2D eigenvalue weighted by molar-refractivity contribution is 0.102. The molecule has 0 aliphatic rings. The Morgan fingerprint density at radius 2 is 2.08 bits per heavy atom. The first-order valence-electron chi connectivity index (χ1n) is 7.47. The Balaban J connectivity index is 1.60. The Hall–Kier alpha value is -2.99. The number of para-hydroxylation sites is 1. The van der Waals surface area contributed by atoms with Gasteiger partial charge >= 0.3 is 0 Å². The van der Waals surface area contributed by atoms with Crippen LogP contribution in [0.25, 0.3) is 21.5 Å². The van der Waals surface area contributed by atoms with Crippen molar-refractivity contribution in [2.75, 3.05) is 5.32 Å². The molecule has 0 aliphatic carbocycles. The number of nitrogens with one attached hydrogen (secondary N) is 2. The predicted molar refractivity (Wildman–Crippen MR) is 96.3 cm³/mol. The van der Waals surface area contributed by atoms with Crippen molar-refractivity contribution in [2.24, 2.45) is 0 Å². The largest absolute Gasteiger partial charge is 0.321 e. The van der Waals surface area contributed by atoms with Crippen LogP contribution in [0.2, 0.25) is 0 Å². The molecule has 3 heterocycles. The van der Waals surface area contributed by atoms with Gasteiger partial charge in [0.1, 0.15) is 5.69 Å². The van der Waals surface area contributed by atoms with E-state index >= 15 is 0 Å². The number of rotatable bonds is 3. The lowest BCUT2D eigenvalue weighted by Gasteiger charge is -2.03. The number of H-pyrrole nitrogens is 1. The number of carbonyl (C=O) groups excluding carboxylic acids is 1. The molecule has 0 radical (unpaired) electrons. The van der Waals surface area contributed by atoms with Gasteiger partial charge in [-0.15, -0.1) is 11.3 Å². The first-order valence-corrected chi connectivity index (χ1v) is 8.35. The number of amides is 1. The molecule has 0 aliphatic heterocycles. The van der Waals surface area contributed by atoms with Crippen molar-refractivity contribution < 1.29 is 4.79 Å². The number of hydrogen-bond acceptors (Lipinski definition) is 4. The summed E-state index contributed by atoms with van der Waals surface area (Å²) in [6.45, 7) is 1.91. The minimum atomic E-state index is -0.150. The molecule has 2 N–H and O–H groups in total. The summed E-state index contributed by atoms with van der Waals surface area (Å²) in [6.07, 6.45) is 1.65. The molecule has 0 fully saturated rings. The van der Waals surface area contributed by atoms with Crippen LogP contribution in [0.5, 0.6) is 0 Å². The second-order valence-corrected chi connectivity index (χ2v) is 6.37. The van der Waals surface area contributed by atoms with Crippen LogP contribution >= 0.6 is 11.3 Å². The van der Waals surface area contributed by atoms with Crippen LogP contribution in [0, 0.1) is 6.92 Å². The topological polar surface area (TPSA) is 70.7 Å². The molecule has 1 aromatic carbocycles. The van der Waals surface area contributed by atoms with Gasteiger partial charge in [0.2, 0.25) is 0 Å². The Bertz CT molecular complexity index is 1020. The van der Waals surface area contributed by atoms with Gasteiger partial charge in [0.25, 0.3) is 5.91 Å². The van der Waals surface area contributed by atoms with Crippen LogP contribution in [0.15, 0.2) is 54.0 Å². The zero-order chi connectivity index (χ0) is 16.5. The number of aryl methyl sites for hydroxylation is 1. The van der Waals surface area contributed by atoms with Crippen molar-refractivity contribution in [3.8, 4) is 10.6 Å². The van der Waals surface area contributed by atoms with Crippen LogP contribution in [0.1, 0.15) is 16.1 Å². The molecule has 1 amide bonds. The lowest BCUT2D eigenvalue weighted by Crippen LogP contribution is -2.10. The Kier molecular flexibility index (Phi) is 3.59. The number of hydrogen-bond donors (Lipinski definition) is 2. The summed E-state index contributed by atoms with van der Waals surface area (Å²) in [5.41, 5.74) is 4.06. The van der Waals surface area contributed by atoms with Gasteiger partial charge in [-0.05, 0) is 31.2 Å². The molecule has 0 unspecified atom stereocenters. The highest BCUT2D eigenvalue weighted by atomic mass is 32.1. The summed E-state index contributed by atoms with van der Waals surface area (Å²) in [7, 11) is 0. The Labute approximate surface area is 142 Å². The smallest absolute Gasteiger partial charge is 0.256 e. The van der Waals surface area contributed by atoms with Crippen LogP contribution in [-0.2, 0) is 0 Å². The summed E-state index contributed by atoms with van der Waals surface area (Å²) in [5.74, 6) is -0.150. The molecule has 4 aromatic rings. The average Bonchev–Trinajstić information content (AvgIpc) is 3.23. The van der Waals surface area contributed by atoms with E-state index in [2.05, 4.69) is 20.5 Å². The maximum atomic E-state index is 12.4. The molecule has 4 rings (SSSR count). The monoisotopic (exact) mass is 334 g/mol. The second-order valence-electron chi connectivity index (χ2n) is 5.46. The van der Waals surface area contributed by atoms with Gasteiger partial charge in [0.15, 0.2) is 0 Å². The van der Waals surface area contributed by atoms with Crippen molar-refractivity contribution in [1.82, 2.24) is 15.2 Å². The third-order valence-corrected chi connectivity index (χ3v) is 4.67. The number of carbonyl (C=O) groups is 1. The highest BCUT2D eigenvalue weighted by Crippen LogP contribution is 2.31. The van der Waals surface area contributed by atoms with Crippen molar-refractivity contribution in [3.63, 3.8) is 0 Å². The summed E-state index contributed by atoms with van der Waals surface area (Å²) >= 11 is 1.50. The van der Waals surface area contributed by atoms with Crippen LogP contribution in [0.4, 0.5) is 5.69 Å². The molecule has 118 valence electrons. The van der Waals surface area contributed by atoms with E-state index in [0.717, 1.165) is 27.2 Å². The Morgan fingerprint density at radius 1 is 1.21 bits per heavy atom. The third kappa shape index (κ3) is 2.68. The highest BCUT2D eigenvalue weighted by molar-refractivity contribution is 7.14. The number of aromatic amines is 1. The van der Waals surface area contributed by atoms with Gasteiger partial charge in [0, 0.05) is 16.5 Å². The number of pyridine rings is 1. The summed E-state index contributed by atoms with van der Waals surface area (Å²) in [4.78, 5) is 17.5. The quantitative estimate of drug-likeness (QED) is 0.588. The molecule has 0 saturated carbocycles. The summed E-state index contributed by atoms with van der Waals surface area (Å²) in [6, 6.07) is 13.5. The summed E-state index contributed by atoms with van der Waals surface area (Å²) in [5, 5.41) is 13.1. The van der Waals surface area contributed by atoms with Gasteiger partial charge < -0.3 is 5.32 Å². The molecule has 24 heavy (non-hydrogen) atoms. The van der Waals surface area contributed by atoms with Crippen molar-refractivity contribution in [1.29, 1.82) is 0 Å². The molecule has 0 atom stereocenters. The van der Waals surface area contributed by atoms with Gasteiger partial charge in [-0.1, -0.05) is 18.2 Å². The maximum Gasteiger partial charge on any atom is 0.256 e. The van der Waals surface area contributed by atoms with E-state index in [1.807, 2.05) is 54.8 Å². The van der Waals surface area contributed by atoms with E-state index in [9.17, 15) is 4.79 Å². The van der Waals surface area contributed by atoms with E-state index in [4.69, 9.17) is 0 Å². The van der Waals surface area contributed by atoms with Gasteiger partial charge in [-0.2, -0.15) is 5.10 Å². The number of anilines is 1. The zero-order valence-corrected chi connectivity index (χ0v) is 13.7. The van der Waals surface area contributed by atoms with E-state index in [0.29, 0.717) is 11.3 Å². The fourth-order valence-electron chi connectivity index (χ4n) is 2.48. The molecule has 0 bridgehead atoms. The van der Waals surface area contributed by atoms with E-state index in [-0.39, 0.29) is 5.91 Å². The number of thiophene rings is 1. The van der Waals surface area contributed by atoms with Crippen LogP contribution in [-0.4, -0.2) is 21.1 Å². The minimum absolute atomic E-state index is 0.150. The normalized spacial score (nSPS) is 10.9. The number of benzene rings is 1. The standard InChI is InChI=1S/C18H14N4OS/c1-11-6-7-13(9-19-11)20-18(23)12-8-16(24-10-12)17-14-4-2-3-5-15(14)21-22-17/h2-10H,1H3,(H,20,23)(H,21,22). The van der Waals surface area contributed by atoms with Crippen molar-refractivity contribution in [3.05, 3.63) is 65.3 Å². The third-order valence-electron chi connectivity index (χ3n) is 3.73. The van der Waals surface area contributed by atoms with E-state index in [1.54, 1.807) is 6.20 Å². The number of aromatic nitrogens is 3. The van der Waals surface area contributed by atoms with Gasteiger partial charge in [-0.25, -0.2) is 0 Å². The molecule has 5 nitrogen and oxygen atoms in total. The number of nitrogens with zero attached hydrogens (tertiary/aromatic N) is 2. The Morgan fingerprint density at radius 3 is 2.92 bits per heavy atom. The number of fused-ring (bicyclic) bond motifs is 1. The second kappa shape index (κ2) is 5.90. The van der Waals surface area contributed by atoms with Crippen molar-refractivity contribution >= 4 is 33.8 Å². The van der Waals surface area contributed by atoms with Crippen LogP contribution < -0.4 is 5.32 Å². The summed E-state index contributed by atoms with van der Waals surface area (Å²) < 4.78 is 0. The lowest BCUT2D eigenvalue weighted by atomic mass is 10.2. The fourth-order valence-corrected chi connectivity index (χ4v) is 3.37. The van der Waals surface area contributed by atoms with Crippen molar-refractivity contribution in [2.45, 2.75) is 6.92 Å². The minimum Gasteiger partial charge on any atom is -0.321 e. The molecule has 6 heteroatoms. The molecule has 0 saturated heterocycles. The molecule has 3 aromatic heterocycles. The van der Waals surface area contributed by atoms with Crippen LogP contribution in [0.3, 0.4) is 0 Å². The van der Waals surface area contributed by atoms with E-state index in [1.165, 1.54) is 11.3 Å². The first-order chi connectivity index (χ1) is 11.7. The van der Waals surface area contributed by atoms with Gasteiger partial charge in [0.05, 0.1) is 27.8 Å². The van der Waals surface area contributed by atoms with Gasteiger partial charge in [-0.3, -0.25) is 14.9 Å².